The number of hydrogen-bond donors (Lipinski definition) is 0. The van der Waals surface area contributed by atoms with E-state index >= 15 is 0 Å². The van der Waals surface area contributed by atoms with E-state index in [4.69, 9.17) is 0 Å². The number of aryl methyl sites for hydroxylation is 2. The largest absolute Gasteiger partial charge is 0.298 e. The molecule has 0 spiro atoms. The molecule has 0 atom stereocenters. The Kier molecular flexibility index (Phi) is 5.73. The van der Waals surface area contributed by atoms with E-state index in [9.17, 15) is 4.79 Å². The molecule has 0 aliphatic rings. The first-order valence-electron chi connectivity index (χ1n) is 8.74. The van der Waals surface area contributed by atoms with E-state index in [1.807, 2.05) is 12.1 Å². The van der Waals surface area contributed by atoms with Gasteiger partial charge in [-0.3, -0.25) is 9.78 Å². The van der Waals surface area contributed by atoms with Gasteiger partial charge in [0.1, 0.15) is 0 Å². The number of nitrogens with zero attached hydrogens (tertiary/aromatic N) is 1. The van der Waals surface area contributed by atoms with E-state index in [0.29, 0.717) is 5.56 Å². The van der Waals surface area contributed by atoms with E-state index in [1.165, 1.54) is 43.2 Å². The minimum absolute atomic E-state index is 0.678. The molecule has 0 radical (unpaired) electrons. The summed E-state index contributed by atoms with van der Waals surface area (Å²) < 4.78 is 0. The molecule has 0 aliphatic heterocycles. The Morgan fingerprint density at radius 1 is 0.792 bits per heavy atom. The zero-order valence-corrected chi connectivity index (χ0v) is 13.9. The van der Waals surface area contributed by atoms with E-state index in [0.717, 1.165) is 23.6 Å². The Bertz CT molecular complexity index is 795. The number of unbranched alkanes of at least 4 members (excludes halogenated alkanes) is 3. The van der Waals surface area contributed by atoms with Gasteiger partial charge in [-0.15, -0.1) is 0 Å². The lowest BCUT2D eigenvalue weighted by molar-refractivity contribution is 0.112. The van der Waals surface area contributed by atoms with Crippen molar-refractivity contribution in [3.05, 3.63) is 77.5 Å². The zero-order chi connectivity index (χ0) is 16.6. The molecular weight excluding hydrogens is 294 g/mol. The fourth-order valence-corrected chi connectivity index (χ4v) is 3.21. The summed E-state index contributed by atoms with van der Waals surface area (Å²) in [5, 5.41) is 1.12. The number of benzene rings is 2. The molecule has 0 aliphatic carbocycles. The van der Waals surface area contributed by atoms with Crippen LogP contribution < -0.4 is 0 Å². The second-order valence-corrected chi connectivity index (χ2v) is 6.23. The lowest BCUT2D eigenvalue weighted by Gasteiger charge is -2.08. The molecule has 0 saturated heterocycles. The van der Waals surface area contributed by atoms with Crippen LogP contribution in [0.25, 0.3) is 10.9 Å². The first kappa shape index (κ1) is 16.4. The van der Waals surface area contributed by atoms with Crippen molar-refractivity contribution < 1.29 is 4.79 Å². The summed E-state index contributed by atoms with van der Waals surface area (Å²) >= 11 is 0. The van der Waals surface area contributed by atoms with Crippen LogP contribution in [0.1, 0.15) is 47.2 Å². The normalized spacial score (nSPS) is 10.8. The van der Waals surface area contributed by atoms with E-state index in [-0.39, 0.29) is 0 Å². The van der Waals surface area contributed by atoms with Crippen LogP contribution >= 0.6 is 0 Å². The molecule has 2 heteroatoms. The lowest BCUT2D eigenvalue weighted by Crippen LogP contribution is -1.94. The van der Waals surface area contributed by atoms with Crippen LogP contribution in [0.5, 0.6) is 0 Å². The molecule has 3 rings (SSSR count). The quantitative estimate of drug-likeness (QED) is 0.411. The highest BCUT2D eigenvalue weighted by Gasteiger charge is 2.06. The third kappa shape index (κ3) is 4.08. The first-order valence-corrected chi connectivity index (χ1v) is 8.74. The Labute approximate surface area is 143 Å². The van der Waals surface area contributed by atoms with Gasteiger partial charge in [-0.25, -0.2) is 0 Å². The van der Waals surface area contributed by atoms with Gasteiger partial charge in [0.25, 0.3) is 0 Å². The summed E-state index contributed by atoms with van der Waals surface area (Å²) in [5.41, 5.74) is 4.23. The van der Waals surface area contributed by atoms with E-state index in [1.54, 1.807) is 6.20 Å². The Morgan fingerprint density at radius 2 is 1.58 bits per heavy atom. The average molecular weight is 317 g/mol. The third-order valence-corrected chi connectivity index (χ3v) is 4.52. The Balaban J connectivity index is 1.50. The van der Waals surface area contributed by atoms with Crippen LogP contribution in [0.4, 0.5) is 0 Å². The number of rotatable bonds is 8. The highest BCUT2D eigenvalue weighted by atomic mass is 16.1. The van der Waals surface area contributed by atoms with Gasteiger partial charge in [-0.1, -0.05) is 55.3 Å². The van der Waals surface area contributed by atoms with Crippen LogP contribution in [0, 0.1) is 0 Å². The van der Waals surface area contributed by atoms with Crippen molar-refractivity contribution in [3.63, 3.8) is 0 Å². The van der Waals surface area contributed by atoms with Gasteiger partial charge in [0.15, 0.2) is 6.29 Å². The number of hydrogen-bond acceptors (Lipinski definition) is 2. The third-order valence-electron chi connectivity index (χ3n) is 4.52. The van der Waals surface area contributed by atoms with Crippen molar-refractivity contribution in [1.82, 2.24) is 4.98 Å². The molecule has 0 unspecified atom stereocenters. The summed E-state index contributed by atoms with van der Waals surface area (Å²) in [6.45, 7) is 0. The lowest BCUT2D eigenvalue weighted by atomic mass is 9.98. The molecule has 24 heavy (non-hydrogen) atoms. The molecule has 2 nitrogen and oxygen atoms in total. The molecule has 1 heterocycles. The number of aromatic nitrogens is 1. The number of carbonyl (C=O) groups excluding carboxylic acids is 1. The average Bonchev–Trinajstić information content (AvgIpc) is 2.65. The van der Waals surface area contributed by atoms with Gasteiger partial charge < -0.3 is 0 Å². The number of pyridine rings is 1. The topological polar surface area (TPSA) is 30.0 Å². The molecule has 0 fully saturated rings. The highest BCUT2D eigenvalue weighted by molar-refractivity contribution is 5.96. The fraction of sp³-hybridized carbons (Fsp3) is 0.273. The van der Waals surface area contributed by atoms with Crippen molar-refractivity contribution in [3.8, 4) is 0 Å². The van der Waals surface area contributed by atoms with Crippen molar-refractivity contribution in [2.24, 2.45) is 0 Å². The van der Waals surface area contributed by atoms with Gasteiger partial charge >= 0.3 is 0 Å². The van der Waals surface area contributed by atoms with Gasteiger partial charge in [-0.2, -0.15) is 0 Å². The summed E-state index contributed by atoms with van der Waals surface area (Å²) in [5.74, 6) is 0. The van der Waals surface area contributed by atoms with Crippen molar-refractivity contribution >= 4 is 17.2 Å². The molecule has 0 amide bonds. The second-order valence-electron chi connectivity index (χ2n) is 6.23. The predicted octanol–water partition coefficient (Wildman–Crippen LogP) is 5.39. The van der Waals surface area contributed by atoms with Gasteiger partial charge in [0, 0.05) is 17.1 Å². The molecule has 2 aromatic carbocycles. The summed E-state index contributed by atoms with van der Waals surface area (Å²) in [7, 11) is 0. The predicted molar refractivity (Wildman–Crippen MR) is 99.4 cm³/mol. The van der Waals surface area contributed by atoms with Crippen molar-refractivity contribution in [1.29, 1.82) is 0 Å². The molecule has 0 N–H and O–H groups in total. The molecule has 122 valence electrons. The molecule has 1 aromatic heterocycles. The molecule has 3 aromatic rings. The number of aldehydes is 1. The van der Waals surface area contributed by atoms with Crippen LogP contribution in [0.3, 0.4) is 0 Å². The standard InChI is InChI=1S/C22H23NO/c24-17-20-15-14-19(21-13-8-16-23-22(20)21)12-7-2-1-4-9-18-10-5-3-6-11-18/h3,5-6,8,10-11,13-17H,1-2,4,7,9,12H2. The molecular formula is C22H23NO. The zero-order valence-electron chi connectivity index (χ0n) is 13.9. The van der Waals surface area contributed by atoms with E-state index in [2.05, 4.69) is 47.4 Å². The maximum Gasteiger partial charge on any atom is 0.152 e. The summed E-state index contributed by atoms with van der Waals surface area (Å²) in [4.78, 5) is 15.5. The molecule has 0 saturated carbocycles. The first-order chi connectivity index (χ1) is 11.9. The monoisotopic (exact) mass is 317 g/mol. The maximum atomic E-state index is 11.1. The Morgan fingerprint density at radius 3 is 2.38 bits per heavy atom. The second kappa shape index (κ2) is 8.39. The van der Waals surface area contributed by atoms with Gasteiger partial charge in [0.2, 0.25) is 0 Å². The SMILES string of the molecule is O=Cc1ccc(CCCCCCc2ccccc2)c2cccnc12. The van der Waals surface area contributed by atoms with Crippen molar-refractivity contribution in [2.75, 3.05) is 0 Å². The highest BCUT2D eigenvalue weighted by Crippen LogP contribution is 2.22. The van der Waals surface area contributed by atoms with Crippen LogP contribution in [-0.4, -0.2) is 11.3 Å². The van der Waals surface area contributed by atoms with Gasteiger partial charge in [0.05, 0.1) is 5.52 Å². The molecule has 0 bridgehead atoms. The van der Waals surface area contributed by atoms with Crippen LogP contribution in [-0.2, 0) is 12.8 Å². The van der Waals surface area contributed by atoms with Crippen LogP contribution in [0.2, 0.25) is 0 Å². The minimum Gasteiger partial charge on any atom is -0.298 e. The summed E-state index contributed by atoms with van der Waals surface area (Å²) in [6.07, 6.45) is 9.79. The smallest absolute Gasteiger partial charge is 0.152 e. The van der Waals surface area contributed by atoms with Gasteiger partial charge in [-0.05, 0) is 48.9 Å². The number of fused-ring (bicyclic) bond motifs is 1. The fourth-order valence-electron chi connectivity index (χ4n) is 3.21. The number of carbonyl (C=O) groups is 1. The Hall–Kier alpha value is -2.48. The van der Waals surface area contributed by atoms with Crippen LogP contribution in [0.15, 0.2) is 60.8 Å². The minimum atomic E-state index is 0.678. The van der Waals surface area contributed by atoms with E-state index < -0.39 is 0 Å². The van der Waals surface area contributed by atoms with Crippen molar-refractivity contribution in [2.45, 2.75) is 38.5 Å². The summed E-state index contributed by atoms with van der Waals surface area (Å²) in [6, 6.07) is 18.7. The maximum absolute atomic E-state index is 11.1.